The molecule has 1 fully saturated rings. The summed E-state index contributed by atoms with van der Waals surface area (Å²) in [6.07, 6.45) is 0.563. The zero-order valence-electron chi connectivity index (χ0n) is 10.2. The van der Waals surface area contributed by atoms with E-state index in [0.717, 1.165) is 0 Å². The Hall–Kier alpha value is -2.30. The summed E-state index contributed by atoms with van der Waals surface area (Å²) in [4.78, 5) is 13.1. The molecule has 0 amide bonds. The van der Waals surface area contributed by atoms with Gasteiger partial charge in [0.05, 0.1) is 12.2 Å². The van der Waals surface area contributed by atoms with E-state index in [2.05, 4.69) is 10.2 Å². The van der Waals surface area contributed by atoms with Gasteiger partial charge in [-0.1, -0.05) is 12.1 Å². The molecule has 1 aliphatic heterocycles. The van der Waals surface area contributed by atoms with Crippen molar-refractivity contribution < 1.29 is 9.18 Å². The van der Waals surface area contributed by atoms with Crippen molar-refractivity contribution in [1.29, 1.82) is 0 Å². The number of benzene rings is 1. The highest BCUT2D eigenvalue weighted by Crippen LogP contribution is 2.20. The van der Waals surface area contributed by atoms with Crippen molar-refractivity contribution in [3.05, 3.63) is 42.2 Å². The molecule has 0 aliphatic carbocycles. The Balaban J connectivity index is 1.85. The van der Waals surface area contributed by atoms with Crippen molar-refractivity contribution in [1.82, 2.24) is 10.2 Å². The maximum Gasteiger partial charge on any atom is 0.153 e. The number of Topliss-reactive ketones (excluding diaryl/α,β-unsaturated/α-hetero) is 1. The molecule has 2 aromatic rings. The van der Waals surface area contributed by atoms with Crippen LogP contribution in [-0.4, -0.2) is 29.1 Å². The lowest BCUT2D eigenvalue weighted by atomic mass is 10.1. The number of rotatable bonds is 2. The molecule has 1 aromatic heterocycles. The summed E-state index contributed by atoms with van der Waals surface area (Å²) in [6, 6.07) is 9.83. The third-order valence-electron chi connectivity index (χ3n) is 3.12. The van der Waals surface area contributed by atoms with E-state index >= 15 is 0 Å². The first-order chi connectivity index (χ1) is 9.22. The summed E-state index contributed by atoms with van der Waals surface area (Å²) >= 11 is 0. The van der Waals surface area contributed by atoms with Gasteiger partial charge in [0.15, 0.2) is 11.6 Å². The second-order valence-electron chi connectivity index (χ2n) is 4.50. The monoisotopic (exact) mass is 257 g/mol. The second-order valence-corrected chi connectivity index (χ2v) is 4.50. The fourth-order valence-electron chi connectivity index (χ4n) is 2.12. The van der Waals surface area contributed by atoms with E-state index in [4.69, 9.17) is 0 Å². The van der Waals surface area contributed by atoms with Gasteiger partial charge in [0.25, 0.3) is 0 Å². The van der Waals surface area contributed by atoms with Gasteiger partial charge in [0.1, 0.15) is 5.82 Å². The minimum atomic E-state index is -0.298. The molecule has 3 rings (SSSR count). The quantitative estimate of drug-likeness (QED) is 0.826. The minimum Gasteiger partial charge on any atom is -0.347 e. The smallest absolute Gasteiger partial charge is 0.153 e. The molecular formula is C14H12FN3O. The Morgan fingerprint density at radius 1 is 1.16 bits per heavy atom. The van der Waals surface area contributed by atoms with E-state index in [1.807, 2.05) is 11.0 Å². The summed E-state index contributed by atoms with van der Waals surface area (Å²) in [7, 11) is 0. The van der Waals surface area contributed by atoms with E-state index in [1.54, 1.807) is 18.2 Å². The lowest BCUT2D eigenvalue weighted by Gasteiger charge is -2.14. The predicted octanol–water partition coefficient (Wildman–Crippen LogP) is 2.06. The SMILES string of the molecule is O=C1CCN(c2ccc(-c3cccc(F)c3)nn2)C1. The third-order valence-corrected chi connectivity index (χ3v) is 3.12. The average Bonchev–Trinajstić information content (AvgIpc) is 2.86. The van der Waals surface area contributed by atoms with Crippen LogP contribution in [0.25, 0.3) is 11.3 Å². The normalized spacial score (nSPS) is 15.0. The first-order valence-corrected chi connectivity index (χ1v) is 6.09. The Labute approximate surface area is 109 Å². The fourth-order valence-corrected chi connectivity index (χ4v) is 2.12. The van der Waals surface area contributed by atoms with Gasteiger partial charge < -0.3 is 4.90 Å². The van der Waals surface area contributed by atoms with Crippen molar-refractivity contribution in [3.8, 4) is 11.3 Å². The highest BCUT2D eigenvalue weighted by atomic mass is 19.1. The van der Waals surface area contributed by atoms with Crippen LogP contribution in [0.15, 0.2) is 36.4 Å². The van der Waals surface area contributed by atoms with Crippen molar-refractivity contribution in [2.45, 2.75) is 6.42 Å². The van der Waals surface area contributed by atoms with Crippen LogP contribution in [0.2, 0.25) is 0 Å². The van der Waals surface area contributed by atoms with Crippen LogP contribution in [0.5, 0.6) is 0 Å². The number of hydrogen-bond acceptors (Lipinski definition) is 4. The van der Waals surface area contributed by atoms with Crippen LogP contribution in [0, 0.1) is 5.82 Å². The topological polar surface area (TPSA) is 46.1 Å². The number of carbonyl (C=O) groups excluding carboxylic acids is 1. The van der Waals surface area contributed by atoms with E-state index in [0.29, 0.717) is 36.6 Å². The standard InChI is InChI=1S/C14H12FN3O/c15-11-3-1-2-10(8-11)13-4-5-14(17-16-13)18-7-6-12(19)9-18/h1-5,8H,6-7,9H2. The third kappa shape index (κ3) is 2.45. The fraction of sp³-hybridized carbons (Fsp3) is 0.214. The van der Waals surface area contributed by atoms with E-state index < -0.39 is 0 Å². The molecule has 5 heteroatoms. The molecule has 2 heterocycles. The lowest BCUT2D eigenvalue weighted by Crippen LogP contribution is -2.21. The van der Waals surface area contributed by atoms with Gasteiger partial charge in [-0.25, -0.2) is 4.39 Å². The number of nitrogens with zero attached hydrogens (tertiary/aromatic N) is 3. The Bertz CT molecular complexity index is 612. The number of hydrogen-bond donors (Lipinski definition) is 0. The molecule has 19 heavy (non-hydrogen) atoms. The van der Waals surface area contributed by atoms with Gasteiger partial charge in [0, 0.05) is 18.5 Å². The zero-order chi connectivity index (χ0) is 13.2. The molecule has 1 aromatic carbocycles. The molecular weight excluding hydrogens is 245 g/mol. The molecule has 0 N–H and O–H groups in total. The predicted molar refractivity (Wildman–Crippen MR) is 69.3 cm³/mol. The van der Waals surface area contributed by atoms with Crippen molar-refractivity contribution in [3.63, 3.8) is 0 Å². The maximum atomic E-state index is 13.1. The van der Waals surface area contributed by atoms with Crippen LogP contribution in [0.4, 0.5) is 10.2 Å². The Morgan fingerprint density at radius 3 is 2.68 bits per heavy atom. The molecule has 96 valence electrons. The maximum absolute atomic E-state index is 13.1. The number of anilines is 1. The molecule has 0 atom stereocenters. The van der Waals surface area contributed by atoms with Crippen molar-refractivity contribution in [2.24, 2.45) is 0 Å². The lowest BCUT2D eigenvalue weighted by molar-refractivity contribution is -0.116. The molecule has 0 saturated carbocycles. The van der Waals surface area contributed by atoms with Crippen LogP contribution in [0.3, 0.4) is 0 Å². The van der Waals surface area contributed by atoms with Crippen LogP contribution < -0.4 is 4.90 Å². The van der Waals surface area contributed by atoms with E-state index in [-0.39, 0.29) is 11.6 Å². The van der Waals surface area contributed by atoms with Gasteiger partial charge in [-0.2, -0.15) is 0 Å². The molecule has 0 spiro atoms. The average molecular weight is 257 g/mol. The van der Waals surface area contributed by atoms with Crippen molar-refractivity contribution >= 4 is 11.6 Å². The number of ketones is 1. The van der Waals surface area contributed by atoms with E-state index in [9.17, 15) is 9.18 Å². The highest BCUT2D eigenvalue weighted by molar-refractivity contribution is 5.86. The van der Waals surface area contributed by atoms with Gasteiger partial charge >= 0.3 is 0 Å². The number of aromatic nitrogens is 2. The number of halogens is 1. The Kier molecular flexibility index (Phi) is 2.95. The zero-order valence-corrected chi connectivity index (χ0v) is 10.2. The summed E-state index contributed by atoms with van der Waals surface area (Å²) in [5.74, 6) is 0.607. The molecule has 4 nitrogen and oxygen atoms in total. The largest absolute Gasteiger partial charge is 0.347 e. The first kappa shape index (κ1) is 11.8. The minimum absolute atomic E-state index is 0.219. The van der Waals surface area contributed by atoms with Gasteiger partial charge in [0.2, 0.25) is 0 Å². The summed E-state index contributed by atoms with van der Waals surface area (Å²) in [5.41, 5.74) is 1.31. The molecule has 0 unspecified atom stereocenters. The summed E-state index contributed by atoms with van der Waals surface area (Å²) < 4.78 is 13.1. The molecule has 1 aliphatic rings. The summed E-state index contributed by atoms with van der Waals surface area (Å²) in [6.45, 7) is 1.08. The molecule has 0 bridgehead atoms. The van der Waals surface area contributed by atoms with Crippen LogP contribution in [0.1, 0.15) is 6.42 Å². The van der Waals surface area contributed by atoms with E-state index in [1.165, 1.54) is 12.1 Å². The second kappa shape index (κ2) is 4.76. The highest BCUT2D eigenvalue weighted by Gasteiger charge is 2.20. The van der Waals surface area contributed by atoms with Gasteiger partial charge in [-0.15, -0.1) is 10.2 Å². The van der Waals surface area contributed by atoms with Crippen LogP contribution in [-0.2, 0) is 4.79 Å². The molecule has 1 saturated heterocycles. The van der Waals surface area contributed by atoms with Gasteiger partial charge in [-0.3, -0.25) is 4.79 Å². The van der Waals surface area contributed by atoms with Gasteiger partial charge in [-0.05, 0) is 24.3 Å². The Morgan fingerprint density at radius 2 is 2.05 bits per heavy atom. The number of carbonyl (C=O) groups is 1. The first-order valence-electron chi connectivity index (χ1n) is 6.09. The summed E-state index contributed by atoms with van der Waals surface area (Å²) in [5, 5.41) is 8.19. The van der Waals surface area contributed by atoms with Crippen molar-refractivity contribution in [2.75, 3.05) is 18.0 Å². The molecule has 0 radical (unpaired) electrons. The van der Waals surface area contributed by atoms with Crippen LogP contribution >= 0.6 is 0 Å².